The summed E-state index contributed by atoms with van der Waals surface area (Å²) in [6.45, 7) is 0. The highest BCUT2D eigenvalue weighted by Gasteiger charge is 2.41. The molecule has 29 heavy (non-hydrogen) atoms. The van der Waals surface area contributed by atoms with Crippen molar-refractivity contribution in [2.75, 3.05) is 0 Å². The maximum Gasteiger partial charge on any atom is 0.426 e. The Hall–Kier alpha value is -2.88. The smallest absolute Gasteiger partial charge is 0.407 e. The van der Waals surface area contributed by atoms with Gasteiger partial charge in [-0.2, -0.15) is 0 Å². The van der Waals surface area contributed by atoms with Crippen molar-refractivity contribution in [2.24, 2.45) is 17.8 Å². The average Bonchev–Trinajstić information content (AvgIpc) is 3.43. The Morgan fingerprint density at radius 3 is 2.21 bits per heavy atom. The van der Waals surface area contributed by atoms with Gasteiger partial charge in [0.25, 0.3) is 0 Å². The van der Waals surface area contributed by atoms with E-state index < -0.39 is 5.76 Å². The van der Waals surface area contributed by atoms with Gasteiger partial charge >= 0.3 is 5.76 Å². The van der Waals surface area contributed by atoms with Gasteiger partial charge in [-0.15, -0.1) is 0 Å². The Morgan fingerprint density at radius 2 is 1.55 bits per heavy atom. The van der Waals surface area contributed by atoms with E-state index in [1.54, 1.807) is 0 Å². The van der Waals surface area contributed by atoms with Gasteiger partial charge in [-0.1, -0.05) is 48.6 Å². The van der Waals surface area contributed by atoms with E-state index in [0.29, 0.717) is 17.0 Å². The second-order valence-corrected chi connectivity index (χ2v) is 8.81. The van der Waals surface area contributed by atoms with Gasteiger partial charge in [0.1, 0.15) is 5.52 Å². The van der Waals surface area contributed by atoms with Gasteiger partial charge in [-0.25, -0.2) is 9.36 Å². The topological polar surface area (TPSA) is 52.2 Å². The molecule has 6 aliphatic carbocycles. The van der Waals surface area contributed by atoms with Crippen molar-refractivity contribution in [3.05, 3.63) is 81.4 Å². The molecule has 0 spiro atoms. The summed E-state index contributed by atoms with van der Waals surface area (Å²) in [6, 6.07) is 12.9. The first-order chi connectivity index (χ1) is 14.2. The first kappa shape index (κ1) is 17.0. The van der Waals surface area contributed by atoms with Crippen molar-refractivity contribution in [1.29, 1.82) is 0 Å². The van der Waals surface area contributed by atoms with Crippen molar-refractivity contribution >= 4 is 17.0 Å². The molecule has 1 fully saturated rings. The Kier molecular flexibility index (Phi) is 3.70. The first-order valence-electron chi connectivity index (χ1n) is 10.6. The molecule has 1 aromatic heterocycles. The molecule has 0 unspecified atom stereocenters. The number of benzene rings is 2. The number of allylic oxidation sites excluding steroid dienone is 2. The Balaban J connectivity index is 1.50. The van der Waals surface area contributed by atoms with E-state index in [0.717, 1.165) is 49.7 Å². The molecule has 1 saturated carbocycles. The molecule has 0 radical (unpaired) electrons. The number of carbonyl (C=O) groups is 1. The summed E-state index contributed by atoms with van der Waals surface area (Å²) in [6.07, 6.45) is 9.58. The fraction of sp³-hybridized carbons (Fsp3) is 0.360. The maximum absolute atomic E-state index is 13.5. The second-order valence-electron chi connectivity index (χ2n) is 8.81. The van der Waals surface area contributed by atoms with Gasteiger partial charge in [0.2, 0.25) is 5.91 Å². The summed E-state index contributed by atoms with van der Waals surface area (Å²) in [7, 11) is 0. The average molecular weight is 385 g/mol. The van der Waals surface area contributed by atoms with Crippen molar-refractivity contribution in [3.63, 3.8) is 0 Å². The van der Waals surface area contributed by atoms with Crippen LogP contribution in [0.3, 0.4) is 0 Å². The Morgan fingerprint density at radius 1 is 0.862 bits per heavy atom. The third-order valence-corrected chi connectivity index (χ3v) is 7.10. The number of hydrogen-bond donors (Lipinski definition) is 0. The molecule has 0 saturated heterocycles. The monoisotopic (exact) mass is 385 g/mol. The minimum Gasteiger partial charge on any atom is -0.407 e. The van der Waals surface area contributed by atoms with Gasteiger partial charge in [0.05, 0.1) is 0 Å². The molecular weight excluding hydrogens is 362 g/mol. The zero-order chi connectivity index (χ0) is 19.5. The number of rotatable bonds is 1. The quantitative estimate of drug-likeness (QED) is 0.586. The van der Waals surface area contributed by atoms with Crippen molar-refractivity contribution < 1.29 is 9.21 Å². The fourth-order valence-corrected chi connectivity index (χ4v) is 5.50. The molecular formula is C25H23NO3. The van der Waals surface area contributed by atoms with Gasteiger partial charge in [-0.3, -0.25) is 4.79 Å². The van der Waals surface area contributed by atoms with Gasteiger partial charge in [0, 0.05) is 5.92 Å². The highest BCUT2D eigenvalue weighted by atomic mass is 16.4. The van der Waals surface area contributed by atoms with Crippen LogP contribution < -0.4 is 5.76 Å². The van der Waals surface area contributed by atoms with Crippen LogP contribution in [0.5, 0.6) is 0 Å². The summed E-state index contributed by atoms with van der Waals surface area (Å²) < 4.78 is 7.09. The molecule has 146 valence electrons. The Labute approximate surface area is 168 Å². The van der Waals surface area contributed by atoms with Crippen LogP contribution in [-0.2, 0) is 25.7 Å². The summed E-state index contributed by atoms with van der Waals surface area (Å²) in [5, 5.41) is 0. The molecule has 6 aliphatic rings. The molecule has 0 amide bonds. The number of fused-ring (bicyclic) bond motifs is 2. The molecule has 6 bridgehead atoms. The van der Waals surface area contributed by atoms with Crippen LogP contribution in [0, 0.1) is 17.8 Å². The minimum absolute atomic E-state index is 0.0839. The molecule has 1 heterocycles. The van der Waals surface area contributed by atoms with Crippen LogP contribution in [0.15, 0.2) is 57.8 Å². The molecule has 9 rings (SSSR count). The third-order valence-electron chi connectivity index (χ3n) is 7.10. The number of oxazole rings is 1. The molecule has 0 N–H and O–H groups in total. The fourth-order valence-electron chi connectivity index (χ4n) is 5.50. The van der Waals surface area contributed by atoms with Crippen molar-refractivity contribution in [1.82, 2.24) is 4.57 Å². The summed E-state index contributed by atoms with van der Waals surface area (Å²) in [5.74, 6) is 0.0304. The predicted octanol–water partition coefficient (Wildman–Crippen LogP) is 4.33. The summed E-state index contributed by atoms with van der Waals surface area (Å²) in [5.41, 5.74) is 5.89. The first-order valence-corrected chi connectivity index (χ1v) is 10.6. The molecule has 3 aromatic rings. The largest absolute Gasteiger partial charge is 0.426 e. The zero-order valence-electron chi connectivity index (χ0n) is 16.3. The highest BCUT2D eigenvalue weighted by molar-refractivity contribution is 5.93. The number of aromatic nitrogens is 1. The van der Waals surface area contributed by atoms with E-state index in [4.69, 9.17) is 4.42 Å². The van der Waals surface area contributed by atoms with E-state index in [1.165, 1.54) is 15.7 Å². The minimum atomic E-state index is -0.528. The van der Waals surface area contributed by atoms with Gasteiger partial charge in [-0.05, 0) is 72.6 Å². The van der Waals surface area contributed by atoms with E-state index in [9.17, 15) is 9.59 Å². The van der Waals surface area contributed by atoms with Gasteiger partial charge < -0.3 is 4.42 Å². The highest BCUT2D eigenvalue weighted by Crippen LogP contribution is 2.44. The summed E-state index contributed by atoms with van der Waals surface area (Å²) >= 11 is 0. The van der Waals surface area contributed by atoms with Crippen molar-refractivity contribution in [3.8, 4) is 0 Å². The van der Waals surface area contributed by atoms with E-state index in [1.807, 2.05) is 0 Å². The van der Waals surface area contributed by atoms with Crippen LogP contribution in [0.25, 0.3) is 11.1 Å². The number of hydrogen-bond acceptors (Lipinski definition) is 3. The summed E-state index contributed by atoms with van der Waals surface area (Å²) in [4.78, 5) is 26.3. The molecule has 4 nitrogen and oxygen atoms in total. The number of carbonyl (C=O) groups excluding carboxylic acids is 1. The lowest BCUT2D eigenvalue weighted by Gasteiger charge is -2.17. The lowest BCUT2D eigenvalue weighted by Crippen LogP contribution is -2.31. The lowest BCUT2D eigenvalue weighted by molar-refractivity contribution is 0.0810. The van der Waals surface area contributed by atoms with Gasteiger partial charge in [0.15, 0.2) is 5.58 Å². The van der Waals surface area contributed by atoms with Crippen LogP contribution in [0.4, 0.5) is 0 Å². The number of aryl methyl sites for hydroxylation is 4. The normalized spacial score (nSPS) is 24.9. The third kappa shape index (κ3) is 2.65. The second kappa shape index (κ2) is 6.31. The van der Waals surface area contributed by atoms with E-state index in [-0.39, 0.29) is 17.7 Å². The lowest BCUT2D eigenvalue weighted by atomic mass is 9.92. The van der Waals surface area contributed by atoms with E-state index >= 15 is 0 Å². The van der Waals surface area contributed by atoms with E-state index in [2.05, 4.69) is 48.6 Å². The van der Waals surface area contributed by atoms with Crippen LogP contribution >= 0.6 is 0 Å². The molecule has 3 atom stereocenters. The molecule has 2 aromatic carbocycles. The van der Waals surface area contributed by atoms with Crippen LogP contribution in [-0.4, -0.2) is 10.5 Å². The molecule has 4 heteroatoms. The standard InChI is InChI=1S/C25H23NO3/c27-24(21-14-17-7-10-20(21)13-17)26-22-18-8-5-15-1-3-16(4-2-15)6-9-19(12-11-18)23(22)29-25(26)28/h1-4,7,10-12,17,20-21H,5-6,8-9,13-14H2/t17-,20+,21-/m1/s1. The molecule has 0 aliphatic heterocycles. The Bertz CT molecular complexity index is 1210. The van der Waals surface area contributed by atoms with Crippen molar-refractivity contribution in [2.45, 2.75) is 38.5 Å². The van der Waals surface area contributed by atoms with Crippen LogP contribution in [0.1, 0.15) is 39.9 Å². The zero-order valence-corrected chi connectivity index (χ0v) is 16.3. The predicted molar refractivity (Wildman–Crippen MR) is 111 cm³/mol. The van der Waals surface area contributed by atoms with Crippen LogP contribution in [0.2, 0.25) is 0 Å². The maximum atomic E-state index is 13.5. The number of nitrogens with zero attached hydrogens (tertiary/aromatic N) is 1. The SMILES string of the molecule is O=C([C@@H]1C[C@@H]2C=C[C@H]1C2)n1c(=O)oc2c3ccc(c21)CCc1ccc(cc1)CC3.